The number of hydrogen-bond acceptors (Lipinski definition) is 7. The standard InChI is InChI=1S/C23H22ClN3O5S2/c1-15-5-7-19(8-6-15)34(31,32)27-21-11-17(14-33(4,29)30)20(24)9-16(21)10-22(27)23(28)18(12-25)13-26(2)3/h5-11,13H,14H2,1-4H3/b18-13+. The van der Waals surface area contributed by atoms with Crippen molar-refractivity contribution in [3.8, 4) is 6.07 Å². The van der Waals surface area contributed by atoms with E-state index in [1.165, 1.54) is 41.4 Å². The highest BCUT2D eigenvalue weighted by atomic mass is 35.5. The second kappa shape index (κ2) is 9.25. The van der Waals surface area contributed by atoms with Crippen LogP contribution >= 0.6 is 11.6 Å². The monoisotopic (exact) mass is 519 g/mol. The molecule has 0 aliphatic rings. The Balaban J connectivity index is 2.41. The van der Waals surface area contributed by atoms with Gasteiger partial charge in [-0.3, -0.25) is 4.79 Å². The van der Waals surface area contributed by atoms with Crippen LogP contribution in [0.3, 0.4) is 0 Å². The van der Waals surface area contributed by atoms with Crippen LogP contribution in [-0.4, -0.2) is 51.8 Å². The molecule has 0 spiro atoms. The summed E-state index contributed by atoms with van der Waals surface area (Å²) in [6.07, 6.45) is 2.33. The van der Waals surface area contributed by atoms with Crippen LogP contribution in [0, 0.1) is 18.3 Å². The van der Waals surface area contributed by atoms with Crippen LogP contribution in [0.1, 0.15) is 21.6 Å². The number of hydrogen-bond donors (Lipinski definition) is 0. The van der Waals surface area contributed by atoms with E-state index in [2.05, 4.69) is 0 Å². The lowest BCUT2D eigenvalue weighted by molar-refractivity contribution is 0.103. The third-order valence-electron chi connectivity index (χ3n) is 4.89. The number of Topliss-reactive ketones (excluding diaryl/α,β-unsaturated/α-hetero) is 1. The van der Waals surface area contributed by atoms with E-state index >= 15 is 0 Å². The number of halogens is 1. The largest absolute Gasteiger partial charge is 0.382 e. The summed E-state index contributed by atoms with van der Waals surface area (Å²) in [5, 5.41) is 9.95. The van der Waals surface area contributed by atoms with Crippen molar-refractivity contribution in [3.63, 3.8) is 0 Å². The molecule has 1 aromatic heterocycles. The lowest BCUT2D eigenvalue weighted by atomic mass is 10.1. The fraction of sp³-hybridized carbons (Fsp3) is 0.217. The minimum atomic E-state index is -4.31. The van der Waals surface area contributed by atoms with Gasteiger partial charge in [0, 0.05) is 37.0 Å². The predicted molar refractivity (Wildman–Crippen MR) is 131 cm³/mol. The smallest absolute Gasteiger partial charge is 0.268 e. The number of nitrogens with zero attached hydrogens (tertiary/aromatic N) is 3. The van der Waals surface area contributed by atoms with Crippen LogP contribution in [0.25, 0.3) is 10.9 Å². The highest BCUT2D eigenvalue weighted by molar-refractivity contribution is 7.90. The number of allylic oxidation sites excluding steroid dienone is 1. The van der Waals surface area contributed by atoms with Gasteiger partial charge in [0.25, 0.3) is 10.0 Å². The first-order chi connectivity index (χ1) is 15.7. The number of nitriles is 1. The molecule has 3 aromatic rings. The van der Waals surface area contributed by atoms with Gasteiger partial charge in [-0.2, -0.15) is 5.26 Å². The Labute approximate surface area is 203 Å². The van der Waals surface area contributed by atoms with Gasteiger partial charge in [0.15, 0.2) is 9.84 Å². The Bertz CT molecular complexity index is 1580. The molecule has 2 aromatic carbocycles. The van der Waals surface area contributed by atoms with Crippen molar-refractivity contribution in [1.82, 2.24) is 8.87 Å². The zero-order valence-corrected chi connectivity index (χ0v) is 21.3. The van der Waals surface area contributed by atoms with Crippen LogP contribution in [-0.2, 0) is 25.6 Å². The van der Waals surface area contributed by atoms with E-state index in [0.29, 0.717) is 5.39 Å². The molecule has 0 radical (unpaired) electrons. The summed E-state index contributed by atoms with van der Waals surface area (Å²) in [4.78, 5) is 14.7. The van der Waals surface area contributed by atoms with Gasteiger partial charge < -0.3 is 4.90 Å². The van der Waals surface area contributed by atoms with Gasteiger partial charge in [0.05, 0.1) is 16.2 Å². The number of benzene rings is 2. The molecule has 178 valence electrons. The second-order valence-corrected chi connectivity index (χ2v) is 12.5. The third kappa shape index (κ3) is 5.17. The summed E-state index contributed by atoms with van der Waals surface area (Å²) in [6, 6.07) is 12.0. The number of carbonyl (C=O) groups is 1. The lowest BCUT2D eigenvalue weighted by Gasteiger charge is -2.13. The number of fused-ring (bicyclic) bond motifs is 1. The van der Waals surface area contributed by atoms with Crippen molar-refractivity contribution in [2.45, 2.75) is 17.6 Å². The van der Waals surface area contributed by atoms with Gasteiger partial charge in [-0.15, -0.1) is 0 Å². The number of carbonyl (C=O) groups excluding carboxylic acids is 1. The maximum absolute atomic E-state index is 13.7. The summed E-state index contributed by atoms with van der Waals surface area (Å²) in [5.74, 6) is -1.21. The molecule has 0 aliphatic heterocycles. The second-order valence-electron chi connectivity index (χ2n) is 8.13. The molecule has 3 rings (SSSR count). The average molecular weight is 520 g/mol. The zero-order chi connectivity index (χ0) is 25.4. The van der Waals surface area contributed by atoms with Crippen molar-refractivity contribution < 1.29 is 21.6 Å². The maximum Gasteiger partial charge on any atom is 0.268 e. The molecule has 34 heavy (non-hydrogen) atoms. The van der Waals surface area contributed by atoms with Gasteiger partial charge in [0.2, 0.25) is 5.78 Å². The fourth-order valence-corrected chi connectivity index (χ4v) is 6.03. The van der Waals surface area contributed by atoms with Crippen LogP contribution < -0.4 is 0 Å². The molecule has 0 amide bonds. The van der Waals surface area contributed by atoms with Crippen molar-refractivity contribution in [2.75, 3.05) is 20.4 Å². The molecule has 0 bridgehead atoms. The number of aromatic nitrogens is 1. The molecule has 0 unspecified atom stereocenters. The minimum absolute atomic E-state index is 0.0700. The lowest BCUT2D eigenvalue weighted by Crippen LogP contribution is -2.20. The molecular weight excluding hydrogens is 498 g/mol. The van der Waals surface area contributed by atoms with Gasteiger partial charge >= 0.3 is 0 Å². The van der Waals surface area contributed by atoms with Crippen molar-refractivity contribution in [2.24, 2.45) is 0 Å². The van der Waals surface area contributed by atoms with Crippen LogP contribution in [0.5, 0.6) is 0 Å². The van der Waals surface area contributed by atoms with E-state index in [1.54, 1.807) is 33.2 Å². The number of sulfone groups is 1. The topological polar surface area (TPSA) is 117 Å². The Kier molecular flexibility index (Phi) is 6.94. The first kappa shape index (κ1) is 25.5. The van der Waals surface area contributed by atoms with Crippen molar-refractivity contribution >= 4 is 48.1 Å². The van der Waals surface area contributed by atoms with E-state index in [-0.39, 0.29) is 32.3 Å². The van der Waals surface area contributed by atoms with Gasteiger partial charge in [-0.25, -0.2) is 20.8 Å². The minimum Gasteiger partial charge on any atom is -0.382 e. The summed E-state index contributed by atoms with van der Waals surface area (Å²) in [6.45, 7) is 1.81. The molecule has 11 heteroatoms. The number of rotatable bonds is 7. The van der Waals surface area contributed by atoms with Gasteiger partial charge in [-0.05, 0) is 42.8 Å². The van der Waals surface area contributed by atoms with Gasteiger partial charge in [-0.1, -0.05) is 29.3 Å². The van der Waals surface area contributed by atoms with Crippen molar-refractivity contribution in [1.29, 1.82) is 5.26 Å². The average Bonchev–Trinajstić information content (AvgIpc) is 3.09. The molecule has 0 N–H and O–H groups in total. The number of ketones is 1. The molecule has 0 atom stereocenters. The molecule has 1 heterocycles. The van der Waals surface area contributed by atoms with E-state index in [1.807, 2.05) is 6.07 Å². The summed E-state index contributed by atoms with van der Waals surface area (Å²) in [7, 11) is -4.54. The molecule has 0 fully saturated rings. The highest BCUT2D eigenvalue weighted by Crippen LogP contribution is 2.32. The van der Waals surface area contributed by atoms with E-state index in [4.69, 9.17) is 11.6 Å². The Morgan fingerprint density at radius 1 is 1.12 bits per heavy atom. The summed E-state index contributed by atoms with van der Waals surface area (Å²) in [5.41, 5.74) is 0.580. The maximum atomic E-state index is 13.7. The fourth-order valence-electron chi connectivity index (χ4n) is 3.41. The van der Waals surface area contributed by atoms with E-state index < -0.39 is 31.4 Å². The Morgan fingerprint density at radius 3 is 2.26 bits per heavy atom. The molecule has 0 aliphatic carbocycles. The Hall–Kier alpha value is -3.13. The third-order valence-corrected chi connectivity index (χ3v) is 7.82. The highest BCUT2D eigenvalue weighted by Gasteiger charge is 2.29. The SMILES string of the molecule is Cc1ccc(S(=O)(=O)n2c(C(=O)/C(C#N)=C/N(C)C)cc3cc(Cl)c(CS(C)(=O)=O)cc32)cc1. The van der Waals surface area contributed by atoms with Crippen molar-refractivity contribution in [3.05, 3.63) is 76.1 Å². The predicted octanol–water partition coefficient (Wildman–Crippen LogP) is 3.54. The quantitative estimate of drug-likeness (QED) is 0.266. The first-order valence-corrected chi connectivity index (χ1v) is 13.8. The number of aryl methyl sites for hydroxylation is 1. The summed E-state index contributed by atoms with van der Waals surface area (Å²) >= 11 is 6.28. The van der Waals surface area contributed by atoms with Crippen LogP contribution in [0.2, 0.25) is 5.02 Å². The summed E-state index contributed by atoms with van der Waals surface area (Å²) < 4.78 is 52.0. The van der Waals surface area contributed by atoms with Gasteiger partial charge in [0.1, 0.15) is 17.3 Å². The zero-order valence-electron chi connectivity index (χ0n) is 18.9. The van der Waals surface area contributed by atoms with E-state index in [9.17, 15) is 26.9 Å². The van der Waals surface area contributed by atoms with Crippen LogP contribution in [0.15, 0.2) is 59.1 Å². The molecule has 0 saturated heterocycles. The molecule has 8 nitrogen and oxygen atoms in total. The first-order valence-electron chi connectivity index (χ1n) is 9.91. The van der Waals surface area contributed by atoms with Crippen LogP contribution in [0.4, 0.5) is 0 Å². The molecule has 0 saturated carbocycles. The molecular formula is C23H22ClN3O5S2. The normalized spacial score (nSPS) is 12.5. The van der Waals surface area contributed by atoms with E-state index in [0.717, 1.165) is 15.8 Å². The Morgan fingerprint density at radius 2 is 1.74 bits per heavy atom.